The van der Waals surface area contributed by atoms with E-state index in [2.05, 4.69) is 0 Å². The first-order chi connectivity index (χ1) is 14.6. The molecule has 154 valence electrons. The summed E-state index contributed by atoms with van der Waals surface area (Å²) in [6.45, 7) is 1.85. The number of fused-ring (bicyclic) bond motifs is 2. The Bertz CT molecular complexity index is 980. The number of imide groups is 1. The Morgan fingerprint density at radius 2 is 1.57 bits per heavy atom. The van der Waals surface area contributed by atoms with Gasteiger partial charge in [0.05, 0.1) is 17.7 Å². The lowest BCUT2D eigenvalue weighted by atomic mass is 9.75. The maximum Gasteiger partial charge on any atom is 0.261 e. The van der Waals surface area contributed by atoms with Gasteiger partial charge in [-0.05, 0) is 54.5 Å². The van der Waals surface area contributed by atoms with Crippen molar-refractivity contribution in [3.8, 4) is 0 Å². The first-order valence-corrected chi connectivity index (χ1v) is 11.0. The smallest absolute Gasteiger partial charge is 0.261 e. The molecule has 2 atom stereocenters. The summed E-state index contributed by atoms with van der Waals surface area (Å²) in [6, 6.07) is 14.3. The first-order valence-electron chi connectivity index (χ1n) is 11.0. The minimum Gasteiger partial charge on any atom is -0.338 e. The zero-order valence-corrected chi connectivity index (χ0v) is 17.0. The zero-order chi connectivity index (χ0) is 20.7. The molecule has 5 rings (SSSR count). The number of hydrogen-bond donors (Lipinski definition) is 0. The van der Waals surface area contributed by atoms with Gasteiger partial charge in [0, 0.05) is 18.7 Å². The topological polar surface area (TPSA) is 57.7 Å². The van der Waals surface area contributed by atoms with Gasteiger partial charge in [0.25, 0.3) is 17.7 Å². The number of hydrogen-bond acceptors (Lipinski definition) is 3. The van der Waals surface area contributed by atoms with Gasteiger partial charge in [0.15, 0.2) is 0 Å². The third kappa shape index (κ3) is 3.32. The third-order valence-corrected chi connectivity index (χ3v) is 6.97. The molecule has 0 bridgehead atoms. The van der Waals surface area contributed by atoms with Crippen molar-refractivity contribution < 1.29 is 14.4 Å². The van der Waals surface area contributed by atoms with Gasteiger partial charge in [-0.1, -0.05) is 43.5 Å². The predicted molar refractivity (Wildman–Crippen MR) is 113 cm³/mol. The Kier molecular flexibility index (Phi) is 4.89. The lowest BCUT2D eigenvalue weighted by Crippen LogP contribution is -2.44. The number of likely N-dealkylation sites (tertiary alicyclic amines) is 1. The van der Waals surface area contributed by atoms with Crippen LogP contribution in [0.1, 0.15) is 68.7 Å². The van der Waals surface area contributed by atoms with Gasteiger partial charge in [-0.25, -0.2) is 0 Å². The molecule has 2 aromatic rings. The molecule has 0 aromatic heterocycles. The highest BCUT2D eigenvalue weighted by Gasteiger charge is 2.36. The number of amides is 3. The summed E-state index contributed by atoms with van der Waals surface area (Å²) in [7, 11) is 0. The van der Waals surface area contributed by atoms with Crippen molar-refractivity contribution in [3.05, 3.63) is 70.8 Å². The molecule has 5 nitrogen and oxygen atoms in total. The van der Waals surface area contributed by atoms with E-state index in [-0.39, 0.29) is 24.3 Å². The summed E-state index contributed by atoms with van der Waals surface area (Å²) in [6.07, 6.45) is 6.25. The Morgan fingerprint density at radius 1 is 0.867 bits per heavy atom. The lowest BCUT2D eigenvalue weighted by molar-refractivity contribution is 0.0520. The second-order valence-electron chi connectivity index (χ2n) is 8.79. The van der Waals surface area contributed by atoms with Crippen LogP contribution in [0.5, 0.6) is 0 Å². The Hall–Kier alpha value is -2.95. The van der Waals surface area contributed by atoms with Gasteiger partial charge in [0.1, 0.15) is 0 Å². The monoisotopic (exact) mass is 402 g/mol. The van der Waals surface area contributed by atoms with Gasteiger partial charge in [-0.3, -0.25) is 19.3 Å². The molecule has 5 heteroatoms. The molecule has 0 radical (unpaired) electrons. The molecule has 2 heterocycles. The molecule has 2 aliphatic heterocycles. The number of carbonyl (C=O) groups excluding carboxylic acids is 3. The molecule has 0 N–H and O–H groups in total. The van der Waals surface area contributed by atoms with Gasteiger partial charge in [-0.15, -0.1) is 0 Å². The van der Waals surface area contributed by atoms with Crippen molar-refractivity contribution in [2.45, 2.75) is 38.6 Å². The van der Waals surface area contributed by atoms with Crippen molar-refractivity contribution >= 4 is 17.7 Å². The number of benzene rings is 2. The van der Waals surface area contributed by atoms with Crippen molar-refractivity contribution in [1.29, 1.82) is 0 Å². The highest BCUT2D eigenvalue weighted by Crippen LogP contribution is 2.36. The summed E-state index contributed by atoms with van der Waals surface area (Å²) in [4.78, 5) is 41.7. The maximum absolute atomic E-state index is 13.1. The van der Waals surface area contributed by atoms with Crippen molar-refractivity contribution in [2.24, 2.45) is 11.8 Å². The second kappa shape index (κ2) is 7.71. The van der Waals surface area contributed by atoms with Crippen LogP contribution >= 0.6 is 0 Å². The standard InChI is InChI=1S/C25H26N2O3/c28-23(26-13-12-18-7-1-2-8-20(18)16-26)19-9-5-6-17(14-19)15-27-24(29)21-10-3-4-11-22(21)25(27)30/h3-6,9-11,14,18,20H,1-2,7-8,12-13,15-16H2/t18-,20-/m1/s1. The molecule has 0 spiro atoms. The summed E-state index contributed by atoms with van der Waals surface area (Å²) in [5.74, 6) is 0.933. The quantitative estimate of drug-likeness (QED) is 0.725. The van der Waals surface area contributed by atoms with Crippen molar-refractivity contribution in [1.82, 2.24) is 9.80 Å². The molecule has 3 amide bonds. The van der Waals surface area contributed by atoms with E-state index in [0.717, 1.165) is 31.0 Å². The average molecular weight is 402 g/mol. The first kappa shape index (κ1) is 19.0. The second-order valence-corrected chi connectivity index (χ2v) is 8.79. The molecular weight excluding hydrogens is 376 g/mol. The van der Waals surface area contributed by atoms with Gasteiger partial charge in [-0.2, -0.15) is 0 Å². The van der Waals surface area contributed by atoms with Crippen LogP contribution in [0.25, 0.3) is 0 Å². The largest absolute Gasteiger partial charge is 0.338 e. The van der Waals surface area contributed by atoms with Crippen LogP contribution in [0.2, 0.25) is 0 Å². The lowest BCUT2D eigenvalue weighted by Gasteiger charge is -2.41. The van der Waals surface area contributed by atoms with E-state index in [0.29, 0.717) is 22.6 Å². The van der Waals surface area contributed by atoms with E-state index >= 15 is 0 Å². The minimum absolute atomic E-state index is 0.0586. The van der Waals surface area contributed by atoms with Crippen LogP contribution < -0.4 is 0 Å². The van der Waals surface area contributed by atoms with Crippen LogP contribution in [-0.4, -0.2) is 40.6 Å². The summed E-state index contributed by atoms with van der Waals surface area (Å²) in [5, 5.41) is 0. The van der Waals surface area contributed by atoms with Crippen LogP contribution in [-0.2, 0) is 6.54 Å². The average Bonchev–Trinajstić information content (AvgIpc) is 3.03. The van der Waals surface area contributed by atoms with E-state index in [4.69, 9.17) is 0 Å². The SMILES string of the molecule is O=C(c1cccc(CN2C(=O)c3ccccc3C2=O)c1)N1CC[C@H]2CCCC[C@@H]2C1. The Morgan fingerprint density at radius 3 is 2.30 bits per heavy atom. The molecule has 1 saturated heterocycles. The van der Waals surface area contributed by atoms with E-state index < -0.39 is 0 Å². The molecule has 3 aliphatic rings. The fraction of sp³-hybridized carbons (Fsp3) is 0.400. The van der Waals surface area contributed by atoms with Crippen molar-refractivity contribution in [3.63, 3.8) is 0 Å². The molecule has 1 aliphatic carbocycles. The summed E-state index contributed by atoms with van der Waals surface area (Å²) >= 11 is 0. The molecule has 1 saturated carbocycles. The number of nitrogens with zero attached hydrogens (tertiary/aromatic N) is 2. The highest BCUT2D eigenvalue weighted by atomic mass is 16.2. The van der Waals surface area contributed by atoms with E-state index in [1.54, 1.807) is 24.3 Å². The van der Waals surface area contributed by atoms with Crippen LogP contribution in [0.3, 0.4) is 0 Å². The molecule has 2 fully saturated rings. The minimum atomic E-state index is -0.272. The fourth-order valence-electron chi connectivity index (χ4n) is 5.34. The molecule has 30 heavy (non-hydrogen) atoms. The van der Waals surface area contributed by atoms with E-state index in [1.165, 1.54) is 30.6 Å². The van der Waals surface area contributed by atoms with Gasteiger partial charge in [0.2, 0.25) is 0 Å². The molecule has 2 aromatic carbocycles. The zero-order valence-electron chi connectivity index (χ0n) is 17.0. The van der Waals surface area contributed by atoms with Crippen LogP contribution in [0.4, 0.5) is 0 Å². The van der Waals surface area contributed by atoms with Crippen LogP contribution in [0, 0.1) is 11.8 Å². The highest BCUT2D eigenvalue weighted by molar-refractivity contribution is 6.21. The third-order valence-electron chi connectivity index (χ3n) is 6.97. The summed E-state index contributed by atoms with van der Waals surface area (Å²) in [5.41, 5.74) is 2.33. The van der Waals surface area contributed by atoms with Crippen molar-refractivity contribution in [2.75, 3.05) is 13.1 Å². The number of carbonyl (C=O) groups is 3. The Balaban J connectivity index is 1.31. The number of piperidine rings is 1. The molecule has 0 unspecified atom stereocenters. The summed E-state index contributed by atoms with van der Waals surface area (Å²) < 4.78 is 0. The van der Waals surface area contributed by atoms with Gasteiger partial charge < -0.3 is 4.90 Å². The molecular formula is C25H26N2O3. The maximum atomic E-state index is 13.1. The van der Waals surface area contributed by atoms with E-state index in [1.807, 2.05) is 29.2 Å². The fourth-order valence-corrected chi connectivity index (χ4v) is 5.34. The number of rotatable bonds is 3. The predicted octanol–water partition coefficient (Wildman–Crippen LogP) is 4.14. The Labute approximate surface area is 176 Å². The van der Waals surface area contributed by atoms with E-state index in [9.17, 15) is 14.4 Å². The van der Waals surface area contributed by atoms with Gasteiger partial charge >= 0.3 is 0 Å². The normalized spacial score (nSPS) is 23.3. The van der Waals surface area contributed by atoms with Crippen LogP contribution in [0.15, 0.2) is 48.5 Å².